The highest BCUT2D eigenvalue weighted by molar-refractivity contribution is 5.94. The van der Waals surface area contributed by atoms with Crippen LogP contribution in [0, 0.1) is 6.92 Å². The number of nitrogens with zero attached hydrogens (tertiary/aromatic N) is 2. The van der Waals surface area contributed by atoms with Crippen LogP contribution in [-0.2, 0) is 9.53 Å². The predicted molar refractivity (Wildman–Crippen MR) is 111 cm³/mol. The number of hydrogen-bond acceptors (Lipinski definition) is 4. The number of carbonyl (C=O) groups excluding carboxylic acids is 1. The molecule has 1 aliphatic rings. The lowest BCUT2D eigenvalue weighted by Crippen LogP contribution is -2.29. The molecule has 1 aromatic heterocycles. The molecule has 0 bridgehead atoms. The van der Waals surface area contributed by atoms with Crippen molar-refractivity contribution in [2.45, 2.75) is 39.7 Å². The van der Waals surface area contributed by atoms with Gasteiger partial charge in [-0.15, -0.1) is 0 Å². The monoisotopic (exact) mass is 375 g/mol. The molecule has 0 radical (unpaired) electrons. The Kier molecular flexibility index (Phi) is 4.90. The van der Waals surface area contributed by atoms with E-state index >= 15 is 0 Å². The van der Waals surface area contributed by atoms with Crippen LogP contribution in [0.3, 0.4) is 0 Å². The highest BCUT2D eigenvalue weighted by Crippen LogP contribution is 2.40. The van der Waals surface area contributed by atoms with Crippen LogP contribution in [0.15, 0.2) is 59.8 Å². The van der Waals surface area contributed by atoms with Gasteiger partial charge in [-0.3, -0.25) is 4.57 Å². The lowest BCUT2D eigenvalue weighted by Gasteiger charge is -2.31. The summed E-state index contributed by atoms with van der Waals surface area (Å²) in [7, 11) is 0. The summed E-state index contributed by atoms with van der Waals surface area (Å²) in [5.41, 5.74) is 5.68. The number of carbonyl (C=O) groups is 1. The average molecular weight is 375 g/mol. The third-order valence-electron chi connectivity index (χ3n) is 5.07. The van der Waals surface area contributed by atoms with Crippen LogP contribution in [0.4, 0.5) is 5.95 Å². The molecule has 144 valence electrons. The molecule has 1 aliphatic heterocycles. The molecule has 5 nitrogen and oxygen atoms in total. The largest absolute Gasteiger partial charge is 0.463 e. The molecule has 4 rings (SSSR count). The summed E-state index contributed by atoms with van der Waals surface area (Å²) in [6, 6.07) is 16.1. The number of esters is 1. The Labute approximate surface area is 165 Å². The van der Waals surface area contributed by atoms with E-state index in [0.29, 0.717) is 12.2 Å². The first-order valence-electron chi connectivity index (χ1n) is 9.84. The van der Waals surface area contributed by atoms with E-state index in [9.17, 15) is 4.79 Å². The number of hydrogen-bond donors (Lipinski definition) is 1. The molecule has 0 saturated carbocycles. The molecule has 5 heteroatoms. The SMILES string of the molecule is CCCC1=C(C(=O)OCC)C(c2cccc(C)c2)n2c(nc3ccccc32)N1. The van der Waals surface area contributed by atoms with Crippen LogP contribution < -0.4 is 5.32 Å². The number of benzene rings is 2. The number of aryl methyl sites for hydroxylation is 1. The standard InChI is InChI=1S/C23H25N3O2/c1-4-9-18-20(22(27)28-5-2)21(16-11-8-10-15(3)14-16)26-19-13-7-6-12-17(19)24-23(26)25-18/h6-8,10-14,21H,4-5,9H2,1-3H3,(H,24,25). The van der Waals surface area contributed by atoms with E-state index in [2.05, 4.69) is 41.9 Å². The van der Waals surface area contributed by atoms with Crippen molar-refractivity contribution in [3.8, 4) is 0 Å². The Morgan fingerprint density at radius 3 is 2.75 bits per heavy atom. The normalized spacial score (nSPS) is 16.0. The zero-order valence-electron chi connectivity index (χ0n) is 16.5. The Balaban J connectivity index is 2.00. The molecule has 0 amide bonds. The zero-order valence-corrected chi connectivity index (χ0v) is 16.5. The highest BCUT2D eigenvalue weighted by Gasteiger charge is 2.35. The van der Waals surface area contributed by atoms with Crippen molar-refractivity contribution in [1.82, 2.24) is 9.55 Å². The Morgan fingerprint density at radius 2 is 2.00 bits per heavy atom. The van der Waals surface area contributed by atoms with E-state index in [1.165, 1.54) is 0 Å². The molecule has 0 spiro atoms. The van der Waals surface area contributed by atoms with Gasteiger partial charge in [-0.2, -0.15) is 0 Å². The van der Waals surface area contributed by atoms with E-state index in [4.69, 9.17) is 9.72 Å². The molecule has 1 atom stereocenters. The van der Waals surface area contributed by atoms with Crippen LogP contribution in [0.5, 0.6) is 0 Å². The van der Waals surface area contributed by atoms with Crippen molar-refractivity contribution in [2.75, 3.05) is 11.9 Å². The van der Waals surface area contributed by atoms with Crippen LogP contribution in [0.1, 0.15) is 43.9 Å². The maximum Gasteiger partial charge on any atom is 0.338 e. The van der Waals surface area contributed by atoms with Crippen LogP contribution in [-0.4, -0.2) is 22.1 Å². The summed E-state index contributed by atoms with van der Waals surface area (Å²) < 4.78 is 7.59. The Morgan fingerprint density at radius 1 is 1.18 bits per heavy atom. The van der Waals surface area contributed by atoms with Gasteiger partial charge in [-0.05, 0) is 38.0 Å². The number of nitrogens with one attached hydrogen (secondary N) is 1. The first kappa shape index (κ1) is 18.3. The predicted octanol–water partition coefficient (Wildman–Crippen LogP) is 4.98. The molecule has 0 fully saturated rings. The van der Waals surface area contributed by atoms with Gasteiger partial charge < -0.3 is 10.1 Å². The van der Waals surface area contributed by atoms with Crippen LogP contribution in [0.2, 0.25) is 0 Å². The van der Waals surface area contributed by atoms with E-state index < -0.39 is 0 Å². The van der Waals surface area contributed by atoms with Gasteiger partial charge in [0.25, 0.3) is 0 Å². The lowest BCUT2D eigenvalue weighted by molar-refractivity contribution is -0.139. The number of imidazole rings is 1. The van der Waals surface area contributed by atoms with Gasteiger partial charge in [-0.25, -0.2) is 9.78 Å². The van der Waals surface area contributed by atoms with Gasteiger partial charge in [-0.1, -0.05) is 55.3 Å². The first-order chi connectivity index (χ1) is 13.6. The number of aromatic nitrogens is 2. The smallest absolute Gasteiger partial charge is 0.338 e. The number of ether oxygens (including phenoxy) is 1. The maximum absolute atomic E-state index is 13.1. The molecule has 3 aromatic rings. The van der Waals surface area contributed by atoms with Gasteiger partial charge in [0.05, 0.1) is 29.3 Å². The zero-order chi connectivity index (χ0) is 19.7. The van der Waals surface area contributed by atoms with Gasteiger partial charge in [0.1, 0.15) is 0 Å². The second-order valence-electron chi connectivity index (χ2n) is 7.10. The van der Waals surface area contributed by atoms with Crippen molar-refractivity contribution in [3.05, 3.63) is 70.9 Å². The number of rotatable bonds is 5. The fourth-order valence-corrected chi connectivity index (χ4v) is 3.94. The second kappa shape index (κ2) is 7.50. The highest BCUT2D eigenvalue weighted by atomic mass is 16.5. The van der Waals surface area contributed by atoms with Gasteiger partial charge in [0.2, 0.25) is 5.95 Å². The summed E-state index contributed by atoms with van der Waals surface area (Å²) >= 11 is 0. The molecular weight excluding hydrogens is 350 g/mol. The van der Waals surface area contributed by atoms with E-state index in [1.54, 1.807) is 0 Å². The summed E-state index contributed by atoms with van der Waals surface area (Å²) in [6.07, 6.45) is 1.69. The first-order valence-corrected chi connectivity index (χ1v) is 9.84. The number of anilines is 1. The molecule has 28 heavy (non-hydrogen) atoms. The van der Waals surface area contributed by atoms with Crippen molar-refractivity contribution in [1.29, 1.82) is 0 Å². The summed E-state index contributed by atoms with van der Waals surface area (Å²) in [5.74, 6) is 0.498. The van der Waals surface area contributed by atoms with Crippen molar-refractivity contribution < 1.29 is 9.53 Å². The Hall–Kier alpha value is -3.08. The second-order valence-corrected chi connectivity index (χ2v) is 7.10. The minimum atomic E-state index is -0.274. The van der Waals surface area contributed by atoms with Crippen molar-refractivity contribution in [2.24, 2.45) is 0 Å². The van der Waals surface area contributed by atoms with E-state index in [1.807, 2.05) is 37.3 Å². The topological polar surface area (TPSA) is 56.2 Å². The molecule has 2 aromatic carbocycles. The van der Waals surface area contributed by atoms with Gasteiger partial charge in [0.15, 0.2) is 0 Å². The molecule has 1 unspecified atom stereocenters. The summed E-state index contributed by atoms with van der Waals surface area (Å²) in [5, 5.41) is 3.42. The van der Waals surface area contributed by atoms with Gasteiger partial charge in [0, 0.05) is 5.70 Å². The average Bonchev–Trinajstić information content (AvgIpc) is 3.05. The molecule has 0 aliphatic carbocycles. The van der Waals surface area contributed by atoms with Crippen LogP contribution >= 0.6 is 0 Å². The summed E-state index contributed by atoms with van der Waals surface area (Å²) in [6.45, 7) is 6.36. The third-order valence-corrected chi connectivity index (χ3v) is 5.07. The minimum Gasteiger partial charge on any atom is -0.463 e. The maximum atomic E-state index is 13.1. The van der Waals surface area contributed by atoms with Crippen molar-refractivity contribution in [3.63, 3.8) is 0 Å². The lowest BCUT2D eigenvalue weighted by atomic mass is 9.92. The quantitative estimate of drug-likeness (QED) is 0.639. The van der Waals surface area contributed by atoms with Gasteiger partial charge >= 0.3 is 5.97 Å². The van der Waals surface area contributed by atoms with E-state index in [-0.39, 0.29) is 12.0 Å². The van der Waals surface area contributed by atoms with Crippen LogP contribution in [0.25, 0.3) is 11.0 Å². The molecule has 0 saturated heterocycles. The van der Waals surface area contributed by atoms with E-state index in [0.717, 1.165) is 46.6 Å². The van der Waals surface area contributed by atoms with Crippen molar-refractivity contribution >= 4 is 23.0 Å². The number of fused-ring (bicyclic) bond motifs is 3. The molecule has 2 heterocycles. The minimum absolute atomic E-state index is 0.270. The third kappa shape index (κ3) is 3.07. The number of para-hydroxylation sites is 2. The fraction of sp³-hybridized carbons (Fsp3) is 0.304. The molecular formula is C23H25N3O2. The molecule has 1 N–H and O–H groups in total. The fourth-order valence-electron chi connectivity index (χ4n) is 3.94. The number of allylic oxidation sites excluding steroid dienone is 1. The Bertz CT molecular complexity index is 1060. The summed E-state index contributed by atoms with van der Waals surface area (Å²) in [4.78, 5) is 17.9.